The second-order valence-electron chi connectivity index (χ2n) is 11.3. The van der Waals surface area contributed by atoms with Crippen LogP contribution in [-0.4, -0.2) is 56.7 Å². The summed E-state index contributed by atoms with van der Waals surface area (Å²) in [6.07, 6.45) is 4.42. The number of halogens is 2. The van der Waals surface area contributed by atoms with E-state index in [0.29, 0.717) is 36.2 Å². The van der Waals surface area contributed by atoms with Gasteiger partial charge in [-0.05, 0) is 35.4 Å². The fraction of sp³-hybridized carbons (Fsp3) is 0.276. The molecular formula is C29H29F2N7O3Si. The third kappa shape index (κ3) is 5.65. The van der Waals surface area contributed by atoms with Crippen molar-refractivity contribution in [3.05, 3.63) is 84.4 Å². The van der Waals surface area contributed by atoms with E-state index in [2.05, 4.69) is 34.8 Å². The first-order chi connectivity index (χ1) is 20.2. The Morgan fingerprint density at radius 3 is 2.60 bits per heavy atom. The Hall–Kier alpha value is -4.49. The van der Waals surface area contributed by atoms with E-state index < -0.39 is 31.8 Å². The molecule has 6 rings (SSSR count). The fourth-order valence-electron chi connectivity index (χ4n) is 4.66. The number of hydrogen-bond acceptors (Lipinski definition) is 7. The highest BCUT2D eigenvalue weighted by atomic mass is 28.3. The van der Waals surface area contributed by atoms with Crippen molar-refractivity contribution in [2.24, 2.45) is 0 Å². The van der Waals surface area contributed by atoms with Gasteiger partial charge in [0.15, 0.2) is 23.1 Å². The Kier molecular flexibility index (Phi) is 7.29. The summed E-state index contributed by atoms with van der Waals surface area (Å²) in [7, 11) is -1.15. The van der Waals surface area contributed by atoms with Crippen LogP contribution in [0.4, 0.5) is 19.4 Å². The van der Waals surface area contributed by atoms with E-state index in [-0.39, 0.29) is 6.61 Å². The highest BCUT2D eigenvalue weighted by Crippen LogP contribution is 2.34. The van der Waals surface area contributed by atoms with Gasteiger partial charge in [0.25, 0.3) is 0 Å². The molecule has 1 atom stereocenters. The third-order valence-electron chi connectivity index (χ3n) is 7.01. The molecule has 13 heteroatoms. The van der Waals surface area contributed by atoms with Gasteiger partial charge >= 0.3 is 6.09 Å². The molecule has 1 unspecified atom stereocenters. The van der Waals surface area contributed by atoms with Crippen molar-refractivity contribution < 1.29 is 23.0 Å². The molecule has 5 aromatic rings. The lowest BCUT2D eigenvalue weighted by Gasteiger charge is -2.21. The summed E-state index contributed by atoms with van der Waals surface area (Å²) in [4.78, 5) is 23.1. The number of anilines is 1. The SMILES string of the molecule is C[Si](C)(C)CCOCn1cnc(-c2ccc(-c3cnn4ccc(N5C(=O)OCC5c5ccc(F)c(F)c5)nc34)cc2)n1. The Labute approximate surface area is 241 Å². The van der Waals surface area contributed by atoms with Crippen molar-refractivity contribution in [3.8, 4) is 22.5 Å². The van der Waals surface area contributed by atoms with Crippen LogP contribution in [0.15, 0.2) is 67.3 Å². The van der Waals surface area contributed by atoms with Crippen LogP contribution in [0.5, 0.6) is 0 Å². The van der Waals surface area contributed by atoms with Crippen LogP contribution in [0, 0.1) is 11.6 Å². The van der Waals surface area contributed by atoms with E-state index in [0.717, 1.165) is 34.9 Å². The molecule has 4 heterocycles. The molecule has 0 N–H and O–H groups in total. The maximum Gasteiger partial charge on any atom is 0.416 e. The molecule has 0 spiro atoms. The van der Waals surface area contributed by atoms with Crippen molar-refractivity contribution in [1.29, 1.82) is 0 Å². The van der Waals surface area contributed by atoms with Crippen molar-refractivity contribution >= 4 is 25.6 Å². The van der Waals surface area contributed by atoms with Crippen LogP contribution < -0.4 is 4.90 Å². The quantitative estimate of drug-likeness (QED) is 0.155. The predicted molar refractivity (Wildman–Crippen MR) is 154 cm³/mol. The summed E-state index contributed by atoms with van der Waals surface area (Å²) in [5.74, 6) is -1.06. The van der Waals surface area contributed by atoms with E-state index in [9.17, 15) is 13.6 Å². The van der Waals surface area contributed by atoms with Crippen LogP contribution in [-0.2, 0) is 16.2 Å². The van der Waals surface area contributed by atoms with E-state index >= 15 is 0 Å². The summed E-state index contributed by atoms with van der Waals surface area (Å²) in [5.41, 5.74) is 3.36. The molecule has 1 aliphatic heterocycles. The van der Waals surface area contributed by atoms with E-state index in [4.69, 9.17) is 14.5 Å². The number of carbonyl (C=O) groups is 1. The van der Waals surface area contributed by atoms with Gasteiger partial charge in [-0.15, -0.1) is 5.10 Å². The average molecular weight is 590 g/mol. The van der Waals surface area contributed by atoms with Crippen LogP contribution in [0.2, 0.25) is 25.7 Å². The summed E-state index contributed by atoms with van der Waals surface area (Å²) >= 11 is 0. The Morgan fingerprint density at radius 1 is 1.05 bits per heavy atom. The third-order valence-corrected chi connectivity index (χ3v) is 8.72. The number of ether oxygens (including phenoxy) is 2. The molecule has 3 aromatic heterocycles. The van der Waals surface area contributed by atoms with Crippen molar-refractivity contribution in [3.63, 3.8) is 0 Å². The monoisotopic (exact) mass is 589 g/mol. The van der Waals surface area contributed by atoms with Crippen molar-refractivity contribution in [2.45, 2.75) is 38.5 Å². The number of aromatic nitrogens is 6. The number of benzene rings is 2. The van der Waals surface area contributed by atoms with Crippen molar-refractivity contribution in [1.82, 2.24) is 29.4 Å². The summed E-state index contributed by atoms with van der Waals surface area (Å²) in [6.45, 7) is 7.99. The predicted octanol–water partition coefficient (Wildman–Crippen LogP) is 5.94. The minimum absolute atomic E-state index is 0.0151. The Bertz CT molecular complexity index is 1750. The number of fused-ring (bicyclic) bond motifs is 1. The second kappa shape index (κ2) is 11.1. The van der Waals surface area contributed by atoms with Crippen LogP contribution in [0.25, 0.3) is 28.2 Å². The summed E-state index contributed by atoms with van der Waals surface area (Å²) in [5, 5.41) is 8.93. The number of nitrogens with zero attached hydrogens (tertiary/aromatic N) is 7. The first-order valence-electron chi connectivity index (χ1n) is 13.5. The number of cyclic esters (lactones) is 1. The zero-order valence-corrected chi connectivity index (χ0v) is 24.4. The summed E-state index contributed by atoms with van der Waals surface area (Å²) < 4.78 is 41.8. The van der Waals surface area contributed by atoms with Gasteiger partial charge in [0, 0.05) is 32.0 Å². The van der Waals surface area contributed by atoms with Crippen LogP contribution in [0.3, 0.4) is 0 Å². The second-order valence-corrected chi connectivity index (χ2v) is 16.9. The van der Waals surface area contributed by atoms with Crippen LogP contribution >= 0.6 is 0 Å². The lowest BCUT2D eigenvalue weighted by molar-refractivity contribution is 0.0785. The highest BCUT2D eigenvalue weighted by Gasteiger charge is 2.37. The lowest BCUT2D eigenvalue weighted by Crippen LogP contribution is -2.28. The first kappa shape index (κ1) is 27.7. The normalized spacial score (nSPS) is 15.5. The van der Waals surface area contributed by atoms with Gasteiger partial charge in [-0.25, -0.2) is 32.7 Å². The van der Waals surface area contributed by atoms with E-state index in [1.165, 1.54) is 11.0 Å². The number of hydrogen-bond donors (Lipinski definition) is 0. The van der Waals surface area contributed by atoms with Crippen LogP contribution in [0.1, 0.15) is 11.6 Å². The average Bonchev–Trinajstić information content (AvgIpc) is 3.70. The van der Waals surface area contributed by atoms with E-state index in [1.807, 2.05) is 24.3 Å². The molecule has 0 aliphatic carbocycles. The zero-order chi connectivity index (χ0) is 29.4. The van der Waals surface area contributed by atoms with Crippen molar-refractivity contribution in [2.75, 3.05) is 18.1 Å². The van der Waals surface area contributed by atoms with Gasteiger partial charge in [-0.2, -0.15) is 5.10 Å². The van der Waals surface area contributed by atoms with E-state index in [1.54, 1.807) is 34.0 Å². The number of carbonyl (C=O) groups excluding carboxylic acids is 1. The topological polar surface area (TPSA) is 99.7 Å². The molecular weight excluding hydrogens is 560 g/mol. The largest absolute Gasteiger partial charge is 0.447 e. The molecule has 1 saturated heterocycles. The molecule has 1 aliphatic rings. The molecule has 0 saturated carbocycles. The molecule has 216 valence electrons. The number of rotatable bonds is 9. The first-order valence-corrected chi connectivity index (χ1v) is 17.2. The Morgan fingerprint density at radius 2 is 1.83 bits per heavy atom. The molecule has 2 aromatic carbocycles. The van der Waals surface area contributed by atoms with Gasteiger partial charge in [-0.3, -0.25) is 4.90 Å². The molecule has 42 heavy (non-hydrogen) atoms. The van der Waals surface area contributed by atoms with Gasteiger partial charge < -0.3 is 9.47 Å². The zero-order valence-electron chi connectivity index (χ0n) is 23.4. The summed E-state index contributed by atoms with van der Waals surface area (Å²) in [6, 6.07) is 13.3. The minimum atomic E-state index is -1.15. The van der Waals surface area contributed by atoms with Gasteiger partial charge in [-0.1, -0.05) is 50.0 Å². The molecule has 1 fully saturated rings. The fourth-order valence-corrected chi connectivity index (χ4v) is 5.42. The Balaban J connectivity index is 1.22. The molecule has 0 bridgehead atoms. The standard InChI is InChI=1S/C29H29F2N7O3Si/c1-42(2,3)13-12-40-18-36-17-32-27(35-36)20-6-4-19(5-7-20)22-15-33-37-11-10-26(34-28(22)37)38-25(16-41-29(38)39)21-8-9-23(30)24(31)14-21/h4-11,14-15,17,25H,12-13,16,18H2,1-3H3. The molecule has 1 amide bonds. The van der Waals surface area contributed by atoms with Gasteiger partial charge in [0.1, 0.15) is 31.5 Å². The van der Waals surface area contributed by atoms with Gasteiger partial charge in [0.2, 0.25) is 0 Å². The highest BCUT2D eigenvalue weighted by molar-refractivity contribution is 6.76. The molecule has 10 nitrogen and oxygen atoms in total. The maximum atomic E-state index is 13.9. The minimum Gasteiger partial charge on any atom is -0.447 e. The number of amides is 1. The smallest absolute Gasteiger partial charge is 0.416 e. The van der Waals surface area contributed by atoms with Gasteiger partial charge in [0.05, 0.1) is 6.20 Å². The molecule has 0 radical (unpaired) electrons. The lowest BCUT2D eigenvalue weighted by atomic mass is 10.1. The maximum absolute atomic E-state index is 13.9.